The summed E-state index contributed by atoms with van der Waals surface area (Å²) in [7, 11) is 1.62. The second kappa shape index (κ2) is 3.99. The SMILES string of the molecule is COc1ccccc1-c1nccc2nc(N)nn12. The first-order chi connectivity index (χ1) is 8.79. The van der Waals surface area contributed by atoms with E-state index in [1.54, 1.807) is 23.9 Å². The van der Waals surface area contributed by atoms with Crippen LogP contribution in [0.2, 0.25) is 0 Å². The van der Waals surface area contributed by atoms with Gasteiger partial charge in [-0.15, -0.1) is 5.10 Å². The molecule has 0 spiro atoms. The zero-order valence-electron chi connectivity index (χ0n) is 9.74. The monoisotopic (exact) mass is 241 g/mol. The molecule has 3 aromatic rings. The van der Waals surface area contributed by atoms with Gasteiger partial charge in [-0.2, -0.15) is 9.50 Å². The second-order valence-electron chi connectivity index (χ2n) is 3.71. The number of nitrogens with two attached hydrogens (primary N) is 1. The van der Waals surface area contributed by atoms with Gasteiger partial charge in [0, 0.05) is 12.3 Å². The topological polar surface area (TPSA) is 78.3 Å². The molecule has 0 radical (unpaired) electrons. The number of methoxy groups -OCH3 is 1. The van der Waals surface area contributed by atoms with Crippen molar-refractivity contribution >= 4 is 11.6 Å². The molecule has 90 valence electrons. The van der Waals surface area contributed by atoms with E-state index in [0.717, 1.165) is 11.3 Å². The molecule has 0 bridgehead atoms. The molecule has 0 amide bonds. The van der Waals surface area contributed by atoms with E-state index in [0.29, 0.717) is 11.5 Å². The minimum absolute atomic E-state index is 0.221. The Morgan fingerprint density at radius 2 is 2.06 bits per heavy atom. The van der Waals surface area contributed by atoms with Gasteiger partial charge in [-0.25, -0.2) is 4.98 Å². The molecule has 0 aliphatic heterocycles. The maximum Gasteiger partial charge on any atom is 0.240 e. The van der Waals surface area contributed by atoms with E-state index in [2.05, 4.69) is 15.1 Å². The lowest BCUT2D eigenvalue weighted by Gasteiger charge is -2.07. The Morgan fingerprint density at radius 1 is 1.22 bits per heavy atom. The van der Waals surface area contributed by atoms with Crippen LogP contribution in [-0.2, 0) is 0 Å². The van der Waals surface area contributed by atoms with E-state index >= 15 is 0 Å². The lowest BCUT2D eigenvalue weighted by atomic mass is 10.2. The van der Waals surface area contributed by atoms with Crippen LogP contribution in [0.1, 0.15) is 0 Å². The molecule has 0 unspecified atom stereocenters. The third-order valence-electron chi connectivity index (χ3n) is 2.62. The summed E-state index contributed by atoms with van der Waals surface area (Å²) in [6.45, 7) is 0. The Labute approximate surface area is 103 Å². The summed E-state index contributed by atoms with van der Waals surface area (Å²) in [6, 6.07) is 9.35. The number of nitrogens with zero attached hydrogens (tertiary/aromatic N) is 4. The lowest BCUT2D eigenvalue weighted by molar-refractivity contribution is 0.416. The summed E-state index contributed by atoms with van der Waals surface area (Å²) < 4.78 is 6.93. The van der Waals surface area contributed by atoms with Gasteiger partial charge in [-0.3, -0.25) is 0 Å². The second-order valence-corrected chi connectivity index (χ2v) is 3.71. The van der Waals surface area contributed by atoms with Crippen LogP contribution >= 0.6 is 0 Å². The van der Waals surface area contributed by atoms with Gasteiger partial charge in [0.25, 0.3) is 0 Å². The molecule has 0 fully saturated rings. The number of para-hydroxylation sites is 1. The summed E-state index contributed by atoms with van der Waals surface area (Å²) >= 11 is 0. The number of anilines is 1. The maximum atomic E-state index is 5.61. The van der Waals surface area contributed by atoms with E-state index in [4.69, 9.17) is 10.5 Å². The Hall–Kier alpha value is -2.63. The van der Waals surface area contributed by atoms with E-state index in [9.17, 15) is 0 Å². The van der Waals surface area contributed by atoms with Gasteiger partial charge in [-0.05, 0) is 12.1 Å². The van der Waals surface area contributed by atoms with Gasteiger partial charge in [-0.1, -0.05) is 12.1 Å². The fourth-order valence-electron chi connectivity index (χ4n) is 1.85. The molecule has 0 saturated heterocycles. The molecular weight excluding hydrogens is 230 g/mol. The molecule has 1 aromatic carbocycles. The fourth-order valence-corrected chi connectivity index (χ4v) is 1.85. The predicted octanol–water partition coefficient (Wildman–Crippen LogP) is 1.38. The Kier molecular flexibility index (Phi) is 2.33. The molecule has 2 heterocycles. The van der Waals surface area contributed by atoms with Crippen LogP contribution in [-0.4, -0.2) is 26.7 Å². The smallest absolute Gasteiger partial charge is 0.240 e. The summed E-state index contributed by atoms with van der Waals surface area (Å²) in [5.41, 5.74) is 7.10. The first-order valence-electron chi connectivity index (χ1n) is 5.40. The van der Waals surface area contributed by atoms with Crippen molar-refractivity contribution in [2.75, 3.05) is 12.8 Å². The molecule has 18 heavy (non-hydrogen) atoms. The fraction of sp³-hybridized carbons (Fsp3) is 0.0833. The van der Waals surface area contributed by atoms with Gasteiger partial charge in [0.15, 0.2) is 11.5 Å². The van der Waals surface area contributed by atoms with Crippen molar-refractivity contribution in [3.05, 3.63) is 36.5 Å². The van der Waals surface area contributed by atoms with Crippen LogP contribution in [0.25, 0.3) is 17.0 Å². The summed E-state index contributed by atoms with van der Waals surface area (Å²) in [5.74, 6) is 1.60. The van der Waals surface area contributed by atoms with Crippen LogP contribution in [0.3, 0.4) is 0 Å². The molecule has 6 heteroatoms. The van der Waals surface area contributed by atoms with Gasteiger partial charge in [0.2, 0.25) is 5.95 Å². The predicted molar refractivity (Wildman–Crippen MR) is 67.2 cm³/mol. The maximum absolute atomic E-state index is 5.61. The number of benzene rings is 1. The molecule has 6 nitrogen and oxygen atoms in total. The van der Waals surface area contributed by atoms with Crippen LogP contribution in [0.15, 0.2) is 36.5 Å². The van der Waals surface area contributed by atoms with Crippen molar-refractivity contribution in [2.45, 2.75) is 0 Å². The zero-order valence-corrected chi connectivity index (χ0v) is 9.74. The highest BCUT2D eigenvalue weighted by atomic mass is 16.5. The van der Waals surface area contributed by atoms with Crippen molar-refractivity contribution in [3.63, 3.8) is 0 Å². The van der Waals surface area contributed by atoms with E-state index < -0.39 is 0 Å². The number of hydrogen-bond acceptors (Lipinski definition) is 5. The number of aromatic nitrogens is 4. The standard InChI is InChI=1S/C12H11N5O/c1-18-9-5-3-2-4-8(9)11-14-7-6-10-15-12(13)16-17(10)11/h2-7H,1H3,(H2,13,16). The molecule has 0 aliphatic rings. The van der Waals surface area contributed by atoms with Gasteiger partial charge < -0.3 is 10.5 Å². The van der Waals surface area contributed by atoms with Crippen LogP contribution in [0.4, 0.5) is 5.95 Å². The minimum atomic E-state index is 0.221. The average molecular weight is 241 g/mol. The number of fused-ring (bicyclic) bond motifs is 1. The number of hydrogen-bond donors (Lipinski definition) is 1. The van der Waals surface area contributed by atoms with Crippen molar-refractivity contribution in [2.24, 2.45) is 0 Å². The third-order valence-corrected chi connectivity index (χ3v) is 2.62. The van der Waals surface area contributed by atoms with Crippen molar-refractivity contribution in [1.29, 1.82) is 0 Å². The normalized spacial score (nSPS) is 10.7. The minimum Gasteiger partial charge on any atom is -0.496 e. The highest BCUT2D eigenvalue weighted by Crippen LogP contribution is 2.27. The van der Waals surface area contributed by atoms with Crippen LogP contribution < -0.4 is 10.5 Å². The number of rotatable bonds is 2. The molecular formula is C12H11N5O. The quantitative estimate of drug-likeness (QED) is 0.733. The third kappa shape index (κ3) is 1.55. The van der Waals surface area contributed by atoms with E-state index in [1.807, 2.05) is 24.3 Å². The zero-order chi connectivity index (χ0) is 12.5. The van der Waals surface area contributed by atoms with E-state index in [1.165, 1.54) is 0 Å². The number of ether oxygens (including phenoxy) is 1. The van der Waals surface area contributed by atoms with Gasteiger partial charge >= 0.3 is 0 Å². The summed E-state index contributed by atoms with van der Waals surface area (Å²) in [5, 5.41) is 4.13. The Bertz CT molecular complexity index is 707. The highest BCUT2D eigenvalue weighted by molar-refractivity contribution is 5.66. The van der Waals surface area contributed by atoms with Crippen LogP contribution in [0, 0.1) is 0 Å². The van der Waals surface area contributed by atoms with E-state index in [-0.39, 0.29) is 5.95 Å². The Morgan fingerprint density at radius 3 is 2.89 bits per heavy atom. The summed E-state index contributed by atoms with van der Waals surface area (Å²) in [6.07, 6.45) is 1.67. The van der Waals surface area contributed by atoms with Gasteiger partial charge in [0.1, 0.15) is 5.75 Å². The first kappa shape index (κ1) is 10.5. The van der Waals surface area contributed by atoms with Gasteiger partial charge in [0.05, 0.1) is 12.7 Å². The summed E-state index contributed by atoms with van der Waals surface area (Å²) in [4.78, 5) is 8.43. The average Bonchev–Trinajstić information content (AvgIpc) is 2.78. The van der Waals surface area contributed by atoms with Crippen molar-refractivity contribution < 1.29 is 4.74 Å². The molecule has 0 saturated carbocycles. The highest BCUT2D eigenvalue weighted by Gasteiger charge is 2.12. The molecule has 0 atom stereocenters. The lowest BCUT2D eigenvalue weighted by Crippen LogP contribution is -1.99. The number of nitrogen functional groups attached to an aromatic ring is 1. The molecule has 0 aliphatic carbocycles. The van der Waals surface area contributed by atoms with Crippen molar-refractivity contribution in [1.82, 2.24) is 19.6 Å². The largest absolute Gasteiger partial charge is 0.496 e. The molecule has 3 rings (SSSR count). The molecule has 2 aromatic heterocycles. The first-order valence-corrected chi connectivity index (χ1v) is 5.40. The molecule has 2 N–H and O–H groups in total. The Balaban J connectivity index is 2.31. The van der Waals surface area contributed by atoms with Crippen LogP contribution in [0.5, 0.6) is 5.75 Å². The van der Waals surface area contributed by atoms with Crippen molar-refractivity contribution in [3.8, 4) is 17.1 Å².